The number of rotatable bonds is 11. The SMILES string of the molecule is COc1cccc(-c2cc(-c3ccccc3)nc(SCCC(=O)Nc3ccc(S(=O)(=O)NC(C)=O)cc3)c2C#N)c1OC. The standard InChI is InChI=1S/C31H28N4O6S2/c1-20(36)35-43(38,39)23-14-12-22(13-15-23)33-29(37)16-17-42-31-26(19-32)25(18-27(34-31)21-8-5-4-6-9-21)24-10-7-11-28(40-2)30(24)41-3/h4-15,18H,16-17H2,1-3H3,(H,33,37)(H,35,36). The van der Waals surface area contributed by atoms with E-state index in [1.165, 1.54) is 43.1 Å². The molecule has 0 saturated carbocycles. The van der Waals surface area contributed by atoms with E-state index >= 15 is 0 Å². The Balaban J connectivity index is 1.57. The van der Waals surface area contributed by atoms with Crippen LogP contribution in [0.2, 0.25) is 0 Å². The summed E-state index contributed by atoms with van der Waals surface area (Å²) in [5.41, 5.74) is 3.54. The fourth-order valence-corrected chi connectivity index (χ4v) is 6.17. The lowest BCUT2D eigenvalue weighted by atomic mass is 9.98. The van der Waals surface area contributed by atoms with Gasteiger partial charge in [-0.2, -0.15) is 5.26 Å². The van der Waals surface area contributed by atoms with Crippen LogP contribution in [0.1, 0.15) is 18.9 Å². The topological polar surface area (TPSA) is 147 Å². The molecule has 0 bridgehead atoms. The summed E-state index contributed by atoms with van der Waals surface area (Å²) in [6.07, 6.45) is 0.0938. The third-order valence-corrected chi connectivity index (χ3v) is 8.58. The van der Waals surface area contributed by atoms with Crippen LogP contribution in [0.25, 0.3) is 22.4 Å². The lowest BCUT2D eigenvalue weighted by Crippen LogP contribution is -2.28. The Morgan fingerprint density at radius 2 is 1.67 bits per heavy atom. The van der Waals surface area contributed by atoms with Crippen molar-refractivity contribution in [3.8, 4) is 40.0 Å². The molecule has 0 fully saturated rings. The number of hydrogen-bond acceptors (Lipinski definition) is 9. The molecule has 4 rings (SSSR count). The second-order valence-corrected chi connectivity index (χ2v) is 11.9. The maximum Gasteiger partial charge on any atom is 0.264 e. The number of ether oxygens (including phenoxy) is 2. The smallest absolute Gasteiger partial charge is 0.264 e. The summed E-state index contributed by atoms with van der Waals surface area (Å²) in [7, 11) is -0.893. The first kappa shape index (κ1) is 31.1. The molecule has 0 spiro atoms. The summed E-state index contributed by atoms with van der Waals surface area (Å²) < 4.78 is 37.3. The second-order valence-electron chi connectivity index (χ2n) is 9.09. The zero-order chi connectivity index (χ0) is 31.0. The summed E-state index contributed by atoms with van der Waals surface area (Å²) in [6.45, 7) is 1.10. The van der Waals surface area contributed by atoms with Gasteiger partial charge in [0.1, 0.15) is 11.1 Å². The lowest BCUT2D eigenvalue weighted by molar-refractivity contribution is -0.117. The van der Waals surface area contributed by atoms with E-state index in [0.29, 0.717) is 50.3 Å². The Labute approximate surface area is 254 Å². The molecule has 0 aliphatic rings. The quantitative estimate of drug-likeness (QED) is 0.216. The lowest BCUT2D eigenvalue weighted by Gasteiger charge is -2.16. The third kappa shape index (κ3) is 7.51. The summed E-state index contributed by atoms with van der Waals surface area (Å²) in [5, 5.41) is 13.4. The van der Waals surface area contributed by atoms with Gasteiger partial charge in [-0.25, -0.2) is 18.1 Å². The van der Waals surface area contributed by atoms with Crippen LogP contribution < -0.4 is 19.5 Å². The second kappa shape index (κ2) is 13.9. The molecule has 10 nitrogen and oxygen atoms in total. The highest BCUT2D eigenvalue weighted by atomic mass is 32.2. The molecule has 1 aromatic heterocycles. The first-order valence-corrected chi connectivity index (χ1v) is 15.4. The van der Waals surface area contributed by atoms with Crippen molar-refractivity contribution in [3.63, 3.8) is 0 Å². The highest BCUT2D eigenvalue weighted by molar-refractivity contribution is 7.99. The minimum absolute atomic E-state index is 0.0938. The summed E-state index contributed by atoms with van der Waals surface area (Å²) in [4.78, 5) is 28.5. The number of carbonyl (C=O) groups is 2. The van der Waals surface area contributed by atoms with E-state index in [4.69, 9.17) is 14.5 Å². The number of hydrogen-bond donors (Lipinski definition) is 2. The van der Waals surface area contributed by atoms with Gasteiger partial charge in [0.15, 0.2) is 11.5 Å². The Morgan fingerprint density at radius 3 is 2.30 bits per heavy atom. The van der Waals surface area contributed by atoms with Gasteiger partial charge in [-0.3, -0.25) is 9.59 Å². The van der Waals surface area contributed by atoms with Crippen molar-refractivity contribution in [3.05, 3.63) is 84.4 Å². The molecule has 0 aliphatic heterocycles. The predicted octanol–water partition coefficient (Wildman–Crippen LogP) is 5.25. The van der Waals surface area contributed by atoms with E-state index in [0.717, 1.165) is 12.5 Å². The summed E-state index contributed by atoms with van der Waals surface area (Å²) >= 11 is 1.28. The van der Waals surface area contributed by atoms with Crippen molar-refractivity contribution in [1.29, 1.82) is 5.26 Å². The molecule has 0 saturated heterocycles. The number of carbonyl (C=O) groups excluding carboxylic acids is 2. The van der Waals surface area contributed by atoms with Gasteiger partial charge in [-0.05, 0) is 36.4 Å². The number of methoxy groups -OCH3 is 2. The van der Waals surface area contributed by atoms with Crippen LogP contribution >= 0.6 is 11.8 Å². The van der Waals surface area contributed by atoms with Crippen LogP contribution in [-0.4, -0.2) is 45.2 Å². The minimum Gasteiger partial charge on any atom is -0.493 e. The maximum absolute atomic E-state index is 12.7. The Hall–Kier alpha value is -4.86. The molecule has 0 unspecified atom stereocenters. The number of thioether (sulfide) groups is 1. The number of nitriles is 1. The normalized spacial score (nSPS) is 10.8. The number of nitrogens with zero attached hydrogens (tertiary/aromatic N) is 2. The predicted molar refractivity (Wildman–Crippen MR) is 164 cm³/mol. The van der Waals surface area contributed by atoms with Crippen LogP contribution in [0.3, 0.4) is 0 Å². The zero-order valence-electron chi connectivity index (χ0n) is 23.6. The van der Waals surface area contributed by atoms with Gasteiger partial charge in [-0.15, -0.1) is 11.8 Å². The molecule has 0 aliphatic carbocycles. The number of anilines is 1. The van der Waals surface area contributed by atoms with Crippen LogP contribution in [0.15, 0.2) is 88.8 Å². The monoisotopic (exact) mass is 616 g/mol. The molecule has 12 heteroatoms. The summed E-state index contributed by atoms with van der Waals surface area (Å²) in [6, 6.07) is 24.6. The van der Waals surface area contributed by atoms with Crippen LogP contribution in [0.5, 0.6) is 11.5 Å². The molecular formula is C31H28N4O6S2. The van der Waals surface area contributed by atoms with Gasteiger partial charge in [0.05, 0.1) is 30.4 Å². The molecule has 4 aromatic rings. The first-order chi connectivity index (χ1) is 20.7. The number of benzene rings is 3. The summed E-state index contributed by atoms with van der Waals surface area (Å²) in [5.74, 6) is 0.312. The van der Waals surface area contributed by atoms with E-state index in [1.807, 2.05) is 53.3 Å². The highest BCUT2D eigenvalue weighted by Gasteiger charge is 2.21. The van der Waals surface area contributed by atoms with Gasteiger partial charge in [0, 0.05) is 41.5 Å². The van der Waals surface area contributed by atoms with E-state index in [-0.39, 0.29) is 17.2 Å². The average molecular weight is 617 g/mol. The number of nitrogens with one attached hydrogen (secondary N) is 2. The van der Waals surface area contributed by atoms with E-state index in [1.54, 1.807) is 13.2 Å². The number of aromatic nitrogens is 1. The average Bonchev–Trinajstić information content (AvgIpc) is 3.00. The van der Waals surface area contributed by atoms with Crippen LogP contribution in [0.4, 0.5) is 5.69 Å². The van der Waals surface area contributed by atoms with Crippen molar-refractivity contribution in [2.45, 2.75) is 23.3 Å². The van der Waals surface area contributed by atoms with Crippen molar-refractivity contribution in [2.24, 2.45) is 0 Å². The van der Waals surface area contributed by atoms with E-state index < -0.39 is 15.9 Å². The number of pyridine rings is 1. The molecule has 43 heavy (non-hydrogen) atoms. The molecule has 220 valence electrons. The van der Waals surface area contributed by atoms with Gasteiger partial charge >= 0.3 is 0 Å². The van der Waals surface area contributed by atoms with Crippen molar-refractivity contribution < 1.29 is 27.5 Å². The zero-order valence-corrected chi connectivity index (χ0v) is 25.2. The van der Waals surface area contributed by atoms with E-state index in [9.17, 15) is 23.3 Å². The first-order valence-electron chi connectivity index (χ1n) is 12.9. The number of sulfonamides is 1. The fourth-order valence-electron chi connectivity index (χ4n) is 4.23. The van der Waals surface area contributed by atoms with Gasteiger partial charge < -0.3 is 14.8 Å². The van der Waals surface area contributed by atoms with Crippen LogP contribution in [0, 0.1) is 11.3 Å². The van der Waals surface area contributed by atoms with E-state index in [2.05, 4.69) is 11.4 Å². The van der Waals surface area contributed by atoms with Gasteiger partial charge in [0.2, 0.25) is 11.8 Å². The Morgan fingerprint density at radius 1 is 0.953 bits per heavy atom. The number of para-hydroxylation sites is 1. The largest absolute Gasteiger partial charge is 0.493 e. The Kier molecular flexibility index (Phi) is 10.0. The molecular weight excluding hydrogens is 588 g/mol. The number of amides is 2. The molecule has 2 N–H and O–H groups in total. The minimum atomic E-state index is -3.98. The Bertz CT molecular complexity index is 1790. The highest BCUT2D eigenvalue weighted by Crippen LogP contribution is 2.42. The maximum atomic E-state index is 12.7. The molecule has 0 radical (unpaired) electrons. The van der Waals surface area contributed by atoms with Crippen molar-refractivity contribution >= 4 is 39.3 Å². The van der Waals surface area contributed by atoms with Crippen molar-refractivity contribution in [1.82, 2.24) is 9.71 Å². The molecule has 0 atom stereocenters. The van der Waals surface area contributed by atoms with Gasteiger partial charge in [-0.1, -0.05) is 42.5 Å². The fraction of sp³-hybridized carbons (Fsp3) is 0.161. The van der Waals surface area contributed by atoms with Gasteiger partial charge in [0.25, 0.3) is 10.0 Å². The molecule has 3 aromatic carbocycles. The molecule has 2 amide bonds. The third-order valence-electron chi connectivity index (χ3n) is 6.16. The van der Waals surface area contributed by atoms with Crippen LogP contribution in [-0.2, 0) is 19.6 Å². The molecule has 1 heterocycles. The van der Waals surface area contributed by atoms with Crippen molar-refractivity contribution in [2.75, 3.05) is 25.3 Å².